The highest BCUT2D eigenvalue weighted by molar-refractivity contribution is 5.92. The fourth-order valence-corrected chi connectivity index (χ4v) is 3.19. The van der Waals surface area contributed by atoms with Gasteiger partial charge in [0.1, 0.15) is 0 Å². The van der Waals surface area contributed by atoms with Crippen molar-refractivity contribution in [3.63, 3.8) is 0 Å². The average Bonchev–Trinajstić information content (AvgIpc) is 2.91. The third-order valence-corrected chi connectivity index (χ3v) is 4.61. The minimum absolute atomic E-state index is 0.444. The third-order valence-electron chi connectivity index (χ3n) is 4.61. The maximum atomic E-state index is 5.95. The van der Waals surface area contributed by atoms with Gasteiger partial charge in [-0.15, -0.1) is 0 Å². The number of likely N-dealkylation sites (tertiary alicyclic amines) is 1. The van der Waals surface area contributed by atoms with Crippen molar-refractivity contribution in [2.45, 2.75) is 38.8 Å². The van der Waals surface area contributed by atoms with E-state index in [9.17, 15) is 0 Å². The van der Waals surface area contributed by atoms with E-state index in [-0.39, 0.29) is 0 Å². The first-order chi connectivity index (χ1) is 12.3. The summed E-state index contributed by atoms with van der Waals surface area (Å²) < 4.78 is 0. The number of nitrogens with two attached hydrogens (primary N) is 1. The first-order valence-electron chi connectivity index (χ1n) is 9.22. The molecule has 0 spiro atoms. The SMILES string of the molecule is NC(=NCc1ccc(CN2CCCCCC2)cc1)Nc1ccccc1. The predicted octanol–water partition coefficient (Wildman–Crippen LogP) is 3.99. The summed E-state index contributed by atoms with van der Waals surface area (Å²) >= 11 is 0. The van der Waals surface area contributed by atoms with Gasteiger partial charge in [-0.2, -0.15) is 0 Å². The quantitative estimate of drug-likeness (QED) is 0.641. The smallest absolute Gasteiger partial charge is 0.193 e. The molecule has 1 heterocycles. The summed E-state index contributed by atoms with van der Waals surface area (Å²) in [5, 5.41) is 3.10. The van der Waals surface area contributed by atoms with Gasteiger partial charge in [-0.1, -0.05) is 55.3 Å². The Kier molecular flexibility index (Phi) is 6.46. The van der Waals surface area contributed by atoms with E-state index >= 15 is 0 Å². The lowest BCUT2D eigenvalue weighted by Gasteiger charge is -2.19. The lowest BCUT2D eigenvalue weighted by atomic mass is 10.1. The number of hydrogen-bond acceptors (Lipinski definition) is 2. The van der Waals surface area contributed by atoms with Gasteiger partial charge in [0.2, 0.25) is 0 Å². The molecule has 25 heavy (non-hydrogen) atoms. The molecule has 2 aromatic carbocycles. The van der Waals surface area contributed by atoms with Crippen LogP contribution in [0.2, 0.25) is 0 Å². The maximum absolute atomic E-state index is 5.95. The van der Waals surface area contributed by atoms with E-state index in [4.69, 9.17) is 5.73 Å². The number of anilines is 1. The standard InChI is InChI=1S/C21H28N4/c22-21(24-20-8-4-3-5-9-20)23-16-18-10-12-19(13-11-18)17-25-14-6-1-2-7-15-25/h3-5,8-13H,1-2,6-7,14-17H2,(H3,22,23,24). The Hall–Kier alpha value is -2.33. The number of hydrogen-bond donors (Lipinski definition) is 2. The highest BCUT2D eigenvalue weighted by atomic mass is 15.1. The molecule has 0 aromatic heterocycles. The van der Waals surface area contributed by atoms with Crippen molar-refractivity contribution in [1.29, 1.82) is 0 Å². The highest BCUT2D eigenvalue weighted by Gasteiger charge is 2.09. The van der Waals surface area contributed by atoms with Gasteiger partial charge in [0.25, 0.3) is 0 Å². The van der Waals surface area contributed by atoms with Crippen LogP contribution in [-0.2, 0) is 13.1 Å². The fourth-order valence-electron chi connectivity index (χ4n) is 3.19. The van der Waals surface area contributed by atoms with Gasteiger partial charge in [-0.05, 0) is 49.2 Å². The van der Waals surface area contributed by atoms with Gasteiger partial charge in [0.15, 0.2) is 5.96 Å². The minimum atomic E-state index is 0.444. The van der Waals surface area contributed by atoms with Crippen LogP contribution >= 0.6 is 0 Å². The van der Waals surface area contributed by atoms with Gasteiger partial charge in [0.05, 0.1) is 6.54 Å². The van der Waals surface area contributed by atoms with Crippen LogP contribution in [0.5, 0.6) is 0 Å². The lowest BCUT2D eigenvalue weighted by molar-refractivity contribution is 0.277. The molecular weight excluding hydrogens is 308 g/mol. The molecule has 0 bridgehead atoms. The summed E-state index contributed by atoms with van der Waals surface area (Å²) in [4.78, 5) is 6.99. The van der Waals surface area contributed by atoms with Gasteiger partial charge in [0, 0.05) is 12.2 Å². The molecule has 1 aliphatic rings. The summed E-state index contributed by atoms with van der Waals surface area (Å²) in [5.74, 6) is 0.444. The second kappa shape index (κ2) is 9.23. The Balaban J connectivity index is 1.50. The van der Waals surface area contributed by atoms with E-state index < -0.39 is 0 Å². The summed E-state index contributed by atoms with van der Waals surface area (Å²) in [6.07, 6.45) is 5.43. The van der Waals surface area contributed by atoms with Crippen LogP contribution in [0.4, 0.5) is 5.69 Å². The summed E-state index contributed by atoms with van der Waals surface area (Å²) in [6.45, 7) is 4.11. The van der Waals surface area contributed by atoms with Crippen molar-refractivity contribution in [2.24, 2.45) is 10.7 Å². The molecule has 0 saturated carbocycles. The number of rotatable bonds is 5. The van der Waals surface area contributed by atoms with E-state index in [0.29, 0.717) is 12.5 Å². The first kappa shape index (κ1) is 17.5. The van der Waals surface area contributed by atoms with Gasteiger partial charge in [-0.25, -0.2) is 4.99 Å². The van der Waals surface area contributed by atoms with E-state index in [1.165, 1.54) is 49.9 Å². The van der Waals surface area contributed by atoms with Gasteiger partial charge in [-0.3, -0.25) is 4.90 Å². The van der Waals surface area contributed by atoms with E-state index in [1.807, 2.05) is 30.3 Å². The molecule has 0 amide bonds. The minimum Gasteiger partial charge on any atom is -0.370 e. The molecule has 2 aromatic rings. The van der Waals surface area contributed by atoms with E-state index in [0.717, 1.165) is 12.2 Å². The molecule has 3 N–H and O–H groups in total. The van der Waals surface area contributed by atoms with Crippen molar-refractivity contribution in [2.75, 3.05) is 18.4 Å². The topological polar surface area (TPSA) is 53.6 Å². The molecule has 132 valence electrons. The Morgan fingerprint density at radius 2 is 1.52 bits per heavy atom. The van der Waals surface area contributed by atoms with E-state index in [2.05, 4.69) is 39.5 Å². The zero-order valence-electron chi connectivity index (χ0n) is 14.8. The van der Waals surface area contributed by atoms with Crippen molar-refractivity contribution < 1.29 is 0 Å². The average molecular weight is 336 g/mol. The van der Waals surface area contributed by atoms with Crippen LogP contribution in [0.3, 0.4) is 0 Å². The van der Waals surface area contributed by atoms with Crippen molar-refractivity contribution in [3.8, 4) is 0 Å². The van der Waals surface area contributed by atoms with Crippen LogP contribution in [0.25, 0.3) is 0 Å². The Bertz CT molecular complexity index is 656. The Morgan fingerprint density at radius 3 is 2.20 bits per heavy atom. The monoisotopic (exact) mass is 336 g/mol. The van der Waals surface area contributed by atoms with Gasteiger partial charge < -0.3 is 11.1 Å². The molecule has 0 unspecified atom stereocenters. The van der Waals surface area contributed by atoms with Crippen molar-refractivity contribution in [3.05, 3.63) is 65.7 Å². The molecule has 1 aliphatic heterocycles. The number of aliphatic imine (C=N–C) groups is 1. The molecule has 4 heteroatoms. The van der Waals surface area contributed by atoms with Crippen LogP contribution < -0.4 is 11.1 Å². The second-order valence-corrected chi connectivity index (χ2v) is 6.70. The van der Waals surface area contributed by atoms with Crippen LogP contribution in [0.1, 0.15) is 36.8 Å². The molecule has 1 fully saturated rings. The Labute approximate surface area is 150 Å². The van der Waals surface area contributed by atoms with Crippen LogP contribution in [-0.4, -0.2) is 23.9 Å². The summed E-state index contributed by atoms with van der Waals surface area (Å²) in [6, 6.07) is 18.6. The number of benzene rings is 2. The molecule has 3 rings (SSSR count). The first-order valence-corrected chi connectivity index (χ1v) is 9.22. The van der Waals surface area contributed by atoms with Crippen LogP contribution in [0.15, 0.2) is 59.6 Å². The number of para-hydroxylation sites is 1. The fraction of sp³-hybridized carbons (Fsp3) is 0.381. The van der Waals surface area contributed by atoms with Crippen LogP contribution in [0, 0.1) is 0 Å². The summed E-state index contributed by atoms with van der Waals surface area (Å²) in [5.41, 5.74) is 9.47. The lowest BCUT2D eigenvalue weighted by Crippen LogP contribution is -2.23. The highest BCUT2D eigenvalue weighted by Crippen LogP contribution is 2.14. The normalized spacial score (nSPS) is 16.4. The zero-order valence-corrected chi connectivity index (χ0v) is 14.8. The second-order valence-electron chi connectivity index (χ2n) is 6.70. The molecule has 0 aliphatic carbocycles. The van der Waals surface area contributed by atoms with Crippen molar-refractivity contribution in [1.82, 2.24) is 4.90 Å². The number of nitrogens with one attached hydrogen (secondary N) is 1. The number of guanidine groups is 1. The van der Waals surface area contributed by atoms with E-state index in [1.54, 1.807) is 0 Å². The molecular formula is C21H28N4. The molecule has 0 atom stereocenters. The zero-order chi connectivity index (χ0) is 17.3. The summed E-state index contributed by atoms with van der Waals surface area (Å²) in [7, 11) is 0. The number of nitrogens with zero attached hydrogens (tertiary/aromatic N) is 2. The largest absolute Gasteiger partial charge is 0.370 e. The van der Waals surface area contributed by atoms with Gasteiger partial charge >= 0.3 is 0 Å². The maximum Gasteiger partial charge on any atom is 0.193 e. The third kappa shape index (κ3) is 5.91. The molecule has 1 saturated heterocycles. The molecule has 0 radical (unpaired) electrons. The predicted molar refractivity (Wildman–Crippen MR) is 106 cm³/mol. The Morgan fingerprint density at radius 1 is 0.880 bits per heavy atom. The van der Waals surface area contributed by atoms with Crippen molar-refractivity contribution >= 4 is 11.6 Å². The molecule has 4 nitrogen and oxygen atoms in total.